The third-order valence-electron chi connectivity index (χ3n) is 4.27. The molecule has 24 heavy (non-hydrogen) atoms. The van der Waals surface area contributed by atoms with E-state index in [1.165, 1.54) is 13.3 Å². The summed E-state index contributed by atoms with van der Waals surface area (Å²) in [7, 11) is 0. The van der Waals surface area contributed by atoms with E-state index in [1.54, 1.807) is 0 Å². The molecule has 7 heteroatoms. The summed E-state index contributed by atoms with van der Waals surface area (Å²) in [6.45, 7) is 3.30. The van der Waals surface area contributed by atoms with Crippen molar-refractivity contribution >= 4 is 23.2 Å². The lowest BCUT2D eigenvalue weighted by molar-refractivity contribution is -0.120. The predicted molar refractivity (Wildman–Crippen MR) is 88.7 cm³/mol. The number of rotatable bonds is 5. The van der Waals surface area contributed by atoms with Crippen molar-refractivity contribution in [3.05, 3.63) is 23.8 Å². The summed E-state index contributed by atoms with van der Waals surface area (Å²) in [5, 5.41) is 8.14. The van der Waals surface area contributed by atoms with Crippen LogP contribution in [0.15, 0.2) is 12.1 Å². The largest absolute Gasteiger partial charge is 0.374 e. The molecule has 0 spiro atoms. The van der Waals surface area contributed by atoms with E-state index in [-0.39, 0.29) is 29.9 Å². The van der Waals surface area contributed by atoms with Crippen LogP contribution in [-0.4, -0.2) is 24.4 Å². The van der Waals surface area contributed by atoms with Crippen LogP contribution < -0.4 is 16.0 Å². The van der Waals surface area contributed by atoms with E-state index in [4.69, 9.17) is 0 Å². The lowest BCUT2D eigenvalue weighted by atomic mass is 9.86. The first-order valence-electron chi connectivity index (χ1n) is 8.16. The van der Waals surface area contributed by atoms with Crippen molar-refractivity contribution in [2.45, 2.75) is 45.6 Å². The van der Waals surface area contributed by atoms with Crippen molar-refractivity contribution < 1.29 is 18.4 Å². The Balaban J connectivity index is 1.98. The molecule has 0 bridgehead atoms. The number of hydrogen-bond acceptors (Lipinski definition) is 3. The van der Waals surface area contributed by atoms with Crippen LogP contribution >= 0.6 is 0 Å². The molecule has 0 unspecified atom stereocenters. The second kappa shape index (κ2) is 8.08. The van der Waals surface area contributed by atoms with Gasteiger partial charge in [-0.25, -0.2) is 8.78 Å². The van der Waals surface area contributed by atoms with Crippen molar-refractivity contribution in [3.63, 3.8) is 0 Å². The molecule has 1 aromatic carbocycles. The minimum Gasteiger partial charge on any atom is -0.374 e. The van der Waals surface area contributed by atoms with E-state index in [0.717, 1.165) is 31.4 Å². The highest BCUT2D eigenvalue weighted by atomic mass is 19.2. The average molecular weight is 339 g/mol. The SMILES string of the molecule is CC(=O)Nc1cc(F)c(F)cc1NCC(=O)N[C@H]1CCCC[C@H]1C. The molecule has 2 atom stereocenters. The Bertz CT molecular complexity index is 622. The first-order valence-corrected chi connectivity index (χ1v) is 8.16. The van der Waals surface area contributed by atoms with E-state index in [2.05, 4.69) is 22.9 Å². The number of carbonyl (C=O) groups excluding carboxylic acids is 2. The van der Waals surface area contributed by atoms with Gasteiger partial charge in [0.05, 0.1) is 17.9 Å². The van der Waals surface area contributed by atoms with E-state index >= 15 is 0 Å². The minimum absolute atomic E-state index is 0.0825. The van der Waals surface area contributed by atoms with Crippen molar-refractivity contribution in [1.82, 2.24) is 5.32 Å². The smallest absolute Gasteiger partial charge is 0.239 e. The van der Waals surface area contributed by atoms with Crippen LogP contribution in [0.3, 0.4) is 0 Å². The zero-order valence-corrected chi connectivity index (χ0v) is 13.9. The minimum atomic E-state index is -1.07. The number of benzene rings is 1. The molecule has 1 saturated carbocycles. The summed E-state index contributed by atoms with van der Waals surface area (Å²) in [4.78, 5) is 23.3. The van der Waals surface area contributed by atoms with Crippen LogP contribution in [0.25, 0.3) is 0 Å². The van der Waals surface area contributed by atoms with E-state index in [0.29, 0.717) is 5.92 Å². The second-order valence-electron chi connectivity index (χ2n) is 6.28. The predicted octanol–water partition coefficient (Wildman–Crippen LogP) is 3.03. The highest BCUT2D eigenvalue weighted by molar-refractivity contribution is 5.93. The van der Waals surface area contributed by atoms with E-state index < -0.39 is 17.5 Å². The molecular weight excluding hydrogens is 316 g/mol. The zero-order valence-electron chi connectivity index (χ0n) is 13.9. The van der Waals surface area contributed by atoms with Gasteiger partial charge < -0.3 is 16.0 Å². The summed E-state index contributed by atoms with van der Waals surface area (Å²) in [6.07, 6.45) is 4.32. The van der Waals surface area contributed by atoms with Crippen LogP contribution in [0.1, 0.15) is 39.5 Å². The molecule has 5 nitrogen and oxygen atoms in total. The Hall–Kier alpha value is -2.18. The zero-order chi connectivity index (χ0) is 17.7. The maximum atomic E-state index is 13.4. The van der Waals surface area contributed by atoms with E-state index in [9.17, 15) is 18.4 Å². The highest BCUT2D eigenvalue weighted by Crippen LogP contribution is 2.26. The van der Waals surface area contributed by atoms with Gasteiger partial charge >= 0.3 is 0 Å². The molecule has 1 fully saturated rings. The molecule has 3 N–H and O–H groups in total. The Labute approximate surface area is 140 Å². The molecule has 1 aromatic rings. The van der Waals surface area contributed by atoms with Gasteiger partial charge in [0, 0.05) is 25.1 Å². The number of halogens is 2. The fraction of sp³-hybridized carbons (Fsp3) is 0.529. The highest BCUT2D eigenvalue weighted by Gasteiger charge is 2.22. The Kier molecular flexibility index (Phi) is 6.11. The van der Waals surface area contributed by atoms with Crippen molar-refractivity contribution in [1.29, 1.82) is 0 Å². The summed E-state index contributed by atoms with van der Waals surface area (Å²) >= 11 is 0. The Morgan fingerprint density at radius 3 is 2.38 bits per heavy atom. The average Bonchev–Trinajstić information content (AvgIpc) is 2.51. The van der Waals surface area contributed by atoms with Crippen LogP contribution in [0.2, 0.25) is 0 Å². The van der Waals surface area contributed by atoms with Crippen molar-refractivity contribution in [3.8, 4) is 0 Å². The van der Waals surface area contributed by atoms with Gasteiger partial charge in [-0.2, -0.15) is 0 Å². The Morgan fingerprint density at radius 2 is 1.75 bits per heavy atom. The standard InChI is InChI=1S/C17H23F2N3O2/c1-10-5-3-4-6-14(10)22-17(24)9-20-15-7-12(18)13(19)8-16(15)21-11(2)23/h7-8,10,14,20H,3-6,9H2,1-2H3,(H,21,23)(H,22,24)/t10-,14+/m1/s1. The van der Waals surface area contributed by atoms with Gasteiger partial charge in [-0.05, 0) is 18.8 Å². The molecule has 0 aliphatic heterocycles. The first kappa shape index (κ1) is 18.2. The molecule has 132 valence electrons. The van der Waals surface area contributed by atoms with Gasteiger partial charge in [-0.1, -0.05) is 19.8 Å². The number of nitrogens with one attached hydrogen (secondary N) is 3. The number of anilines is 2. The maximum Gasteiger partial charge on any atom is 0.239 e. The monoisotopic (exact) mass is 339 g/mol. The molecule has 0 aromatic heterocycles. The van der Waals surface area contributed by atoms with Gasteiger partial charge in [0.25, 0.3) is 0 Å². The van der Waals surface area contributed by atoms with E-state index in [1.807, 2.05) is 0 Å². The number of amides is 2. The molecule has 0 radical (unpaired) electrons. The fourth-order valence-electron chi connectivity index (χ4n) is 2.95. The molecule has 1 aliphatic carbocycles. The van der Waals surface area contributed by atoms with Crippen LogP contribution in [0.5, 0.6) is 0 Å². The van der Waals surface area contributed by atoms with Crippen LogP contribution in [0, 0.1) is 17.6 Å². The lowest BCUT2D eigenvalue weighted by Crippen LogP contribution is -2.43. The van der Waals surface area contributed by atoms with Crippen molar-refractivity contribution in [2.75, 3.05) is 17.2 Å². The Morgan fingerprint density at radius 1 is 1.12 bits per heavy atom. The normalized spacial score (nSPS) is 20.3. The third-order valence-corrected chi connectivity index (χ3v) is 4.27. The van der Waals surface area contributed by atoms with Crippen molar-refractivity contribution in [2.24, 2.45) is 5.92 Å². The first-order chi connectivity index (χ1) is 11.4. The number of carbonyl (C=O) groups is 2. The molecular formula is C17H23F2N3O2. The second-order valence-corrected chi connectivity index (χ2v) is 6.28. The summed E-state index contributed by atoms with van der Waals surface area (Å²) in [5.41, 5.74) is 0.260. The van der Waals surface area contributed by atoms with Gasteiger partial charge in [0.1, 0.15) is 0 Å². The topological polar surface area (TPSA) is 70.2 Å². The molecule has 1 aliphatic rings. The maximum absolute atomic E-state index is 13.4. The quantitative estimate of drug-likeness (QED) is 0.772. The lowest BCUT2D eigenvalue weighted by Gasteiger charge is -2.29. The summed E-state index contributed by atoms with van der Waals surface area (Å²) in [5.74, 6) is -2.31. The fourth-order valence-corrected chi connectivity index (χ4v) is 2.95. The third kappa shape index (κ3) is 4.91. The van der Waals surface area contributed by atoms with Gasteiger partial charge in [-0.3, -0.25) is 9.59 Å². The van der Waals surface area contributed by atoms with Gasteiger partial charge in [0.2, 0.25) is 11.8 Å². The van der Waals surface area contributed by atoms with Crippen LogP contribution in [0.4, 0.5) is 20.2 Å². The molecule has 2 rings (SSSR count). The molecule has 0 heterocycles. The van der Waals surface area contributed by atoms with Crippen LogP contribution in [-0.2, 0) is 9.59 Å². The van der Waals surface area contributed by atoms with Gasteiger partial charge in [0.15, 0.2) is 11.6 Å². The summed E-state index contributed by atoms with van der Waals surface area (Å²) < 4.78 is 26.7. The number of hydrogen-bond donors (Lipinski definition) is 3. The molecule has 0 saturated heterocycles. The van der Waals surface area contributed by atoms with Gasteiger partial charge in [-0.15, -0.1) is 0 Å². The summed E-state index contributed by atoms with van der Waals surface area (Å²) in [6, 6.07) is 1.96. The molecule has 2 amide bonds.